The third-order valence-electron chi connectivity index (χ3n) is 3.96. The van der Waals surface area contributed by atoms with Gasteiger partial charge < -0.3 is 9.84 Å². The summed E-state index contributed by atoms with van der Waals surface area (Å²) in [5.41, 5.74) is 0.0214. The topological polar surface area (TPSA) is 46.5 Å². The summed E-state index contributed by atoms with van der Waals surface area (Å²) in [5, 5.41) is 9.80. The summed E-state index contributed by atoms with van der Waals surface area (Å²) in [6.45, 7) is 6.40. The molecule has 3 atom stereocenters. The first-order valence-electron chi connectivity index (χ1n) is 5.17. The molecule has 3 nitrogen and oxygen atoms in total. The maximum absolute atomic E-state index is 11.2. The van der Waals surface area contributed by atoms with Gasteiger partial charge in [0.05, 0.1) is 7.11 Å². The summed E-state index contributed by atoms with van der Waals surface area (Å²) in [4.78, 5) is 11.2. The van der Waals surface area contributed by atoms with Crippen LogP contribution in [0.1, 0.15) is 33.6 Å². The zero-order valence-electron chi connectivity index (χ0n) is 9.41. The Morgan fingerprint density at radius 3 is 2.43 bits per heavy atom. The van der Waals surface area contributed by atoms with E-state index in [4.69, 9.17) is 0 Å². The Hall–Kier alpha value is -0.570. The molecule has 14 heavy (non-hydrogen) atoms. The molecule has 1 saturated carbocycles. The molecule has 82 valence electrons. The molecule has 0 aromatic carbocycles. The number of methoxy groups -OCH3 is 1. The summed E-state index contributed by atoms with van der Waals surface area (Å²) >= 11 is 0. The van der Waals surface area contributed by atoms with E-state index >= 15 is 0 Å². The van der Waals surface area contributed by atoms with Crippen molar-refractivity contribution in [3.05, 3.63) is 0 Å². The van der Waals surface area contributed by atoms with Gasteiger partial charge in [-0.25, -0.2) is 4.79 Å². The number of aliphatic hydroxyl groups excluding tert-OH is 1. The molecule has 0 aromatic rings. The second-order valence-corrected chi connectivity index (χ2v) is 4.87. The Balaban J connectivity index is 2.74. The minimum Gasteiger partial charge on any atom is -0.467 e. The van der Waals surface area contributed by atoms with Gasteiger partial charge in [-0.1, -0.05) is 20.8 Å². The molecule has 0 aliphatic heterocycles. The number of esters is 1. The highest BCUT2D eigenvalue weighted by molar-refractivity contribution is 5.74. The Morgan fingerprint density at radius 2 is 2.07 bits per heavy atom. The van der Waals surface area contributed by atoms with Gasteiger partial charge in [-0.2, -0.15) is 0 Å². The van der Waals surface area contributed by atoms with Gasteiger partial charge in [-0.3, -0.25) is 0 Å². The van der Waals surface area contributed by atoms with Crippen molar-refractivity contribution in [3.63, 3.8) is 0 Å². The molecule has 0 aromatic heterocycles. The molecule has 1 aliphatic rings. The first kappa shape index (κ1) is 11.5. The van der Waals surface area contributed by atoms with E-state index < -0.39 is 12.1 Å². The Morgan fingerprint density at radius 1 is 1.50 bits per heavy atom. The normalized spacial score (nSPS) is 32.6. The molecule has 0 spiro atoms. The number of carbonyl (C=O) groups is 1. The average Bonchev–Trinajstić information content (AvgIpc) is 2.40. The van der Waals surface area contributed by atoms with Gasteiger partial charge in [0.2, 0.25) is 0 Å². The van der Waals surface area contributed by atoms with E-state index in [9.17, 15) is 9.90 Å². The van der Waals surface area contributed by atoms with Crippen molar-refractivity contribution in [2.75, 3.05) is 7.11 Å². The number of hydrogen-bond donors (Lipinski definition) is 1. The minimum absolute atomic E-state index is 0.0214. The molecular weight excluding hydrogens is 180 g/mol. The summed E-state index contributed by atoms with van der Waals surface area (Å²) in [6.07, 6.45) is 1.02. The van der Waals surface area contributed by atoms with E-state index in [1.807, 2.05) is 0 Å². The Bertz CT molecular complexity index is 223. The lowest BCUT2D eigenvalue weighted by molar-refractivity contribution is -0.155. The molecular formula is C11H20O3. The van der Waals surface area contributed by atoms with Crippen molar-refractivity contribution in [2.24, 2.45) is 17.3 Å². The van der Waals surface area contributed by atoms with Gasteiger partial charge in [-0.15, -0.1) is 0 Å². The highest BCUT2D eigenvalue weighted by atomic mass is 16.5. The molecule has 1 aliphatic carbocycles. The van der Waals surface area contributed by atoms with Gasteiger partial charge in [0.25, 0.3) is 0 Å². The lowest BCUT2D eigenvalue weighted by Gasteiger charge is -2.33. The van der Waals surface area contributed by atoms with E-state index in [0.29, 0.717) is 5.92 Å². The fraction of sp³-hybridized carbons (Fsp3) is 0.909. The van der Waals surface area contributed by atoms with E-state index in [-0.39, 0.29) is 11.3 Å². The maximum Gasteiger partial charge on any atom is 0.334 e. The van der Waals surface area contributed by atoms with Crippen LogP contribution >= 0.6 is 0 Å². The van der Waals surface area contributed by atoms with Crippen LogP contribution < -0.4 is 0 Å². The first-order chi connectivity index (χ1) is 6.41. The third-order valence-corrected chi connectivity index (χ3v) is 3.96. The van der Waals surface area contributed by atoms with Gasteiger partial charge >= 0.3 is 5.97 Å². The van der Waals surface area contributed by atoms with Crippen LogP contribution in [0.3, 0.4) is 0 Å². The van der Waals surface area contributed by atoms with Crippen molar-refractivity contribution in [1.82, 2.24) is 0 Å². The monoisotopic (exact) mass is 200 g/mol. The lowest BCUT2D eigenvalue weighted by atomic mass is 9.74. The van der Waals surface area contributed by atoms with Gasteiger partial charge in [0.1, 0.15) is 0 Å². The predicted octanol–water partition coefficient (Wildman–Crippen LogP) is 1.59. The molecule has 0 amide bonds. The van der Waals surface area contributed by atoms with E-state index in [2.05, 4.69) is 25.5 Å². The predicted molar refractivity (Wildman–Crippen MR) is 53.7 cm³/mol. The summed E-state index contributed by atoms with van der Waals surface area (Å²) in [6, 6.07) is 0. The second kappa shape index (κ2) is 3.89. The highest BCUT2D eigenvalue weighted by Gasteiger charge is 2.46. The Labute approximate surface area is 85.5 Å². The molecule has 1 fully saturated rings. The molecule has 1 N–H and O–H groups in total. The third kappa shape index (κ3) is 1.78. The van der Waals surface area contributed by atoms with Crippen LogP contribution in [0.25, 0.3) is 0 Å². The van der Waals surface area contributed by atoms with E-state index in [1.165, 1.54) is 7.11 Å². The molecule has 3 heteroatoms. The van der Waals surface area contributed by atoms with Crippen LogP contribution in [-0.2, 0) is 9.53 Å². The first-order valence-corrected chi connectivity index (χ1v) is 5.17. The molecule has 1 rings (SSSR count). The van der Waals surface area contributed by atoms with E-state index in [1.54, 1.807) is 0 Å². The summed E-state index contributed by atoms with van der Waals surface area (Å²) in [7, 11) is 1.32. The number of aliphatic hydroxyl groups is 1. The van der Waals surface area contributed by atoms with Crippen molar-refractivity contribution >= 4 is 5.97 Å². The fourth-order valence-corrected chi connectivity index (χ4v) is 2.39. The maximum atomic E-state index is 11.2. The van der Waals surface area contributed by atoms with Gasteiger partial charge in [0.15, 0.2) is 6.10 Å². The molecule has 0 bridgehead atoms. The van der Waals surface area contributed by atoms with Crippen LogP contribution in [0.5, 0.6) is 0 Å². The van der Waals surface area contributed by atoms with Crippen LogP contribution in [0.2, 0.25) is 0 Å². The number of rotatable bonds is 2. The number of carbonyl (C=O) groups excluding carboxylic acids is 1. The molecule has 0 radical (unpaired) electrons. The van der Waals surface area contributed by atoms with E-state index in [0.717, 1.165) is 12.8 Å². The largest absolute Gasteiger partial charge is 0.467 e. The molecule has 0 heterocycles. The van der Waals surface area contributed by atoms with Crippen molar-refractivity contribution in [3.8, 4) is 0 Å². The number of hydrogen-bond acceptors (Lipinski definition) is 3. The van der Waals surface area contributed by atoms with Crippen LogP contribution in [0.15, 0.2) is 0 Å². The molecule has 0 unspecified atom stereocenters. The van der Waals surface area contributed by atoms with Crippen LogP contribution in [0.4, 0.5) is 0 Å². The van der Waals surface area contributed by atoms with Gasteiger partial charge in [0, 0.05) is 5.92 Å². The van der Waals surface area contributed by atoms with Crippen molar-refractivity contribution in [1.29, 1.82) is 0 Å². The summed E-state index contributed by atoms with van der Waals surface area (Å²) in [5.74, 6) is 0.0777. The smallest absolute Gasteiger partial charge is 0.334 e. The van der Waals surface area contributed by atoms with Crippen LogP contribution in [0, 0.1) is 17.3 Å². The SMILES string of the molecule is COC(=O)[C@H](O)[C@@H]1CC[C@H](C)C1(C)C. The average molecular weight is 200 g/mol. The van der Waals surface area contributed by atoms with Crippen LogP contribution in [-0.4, -0.2) is 24.3 Å². The quantitative estimate of drug-likeness (QED) is 0.689. The van der Waals surface area contributed by atoms with Crippen molar-refractivity contribution in [2.45, 2.75) is 39.7 Å². The standard InChI is InChI=1S/C11H20O3/c1-7-5-6-8(11(7,2)3)9(12)10(13)14-4/h7-9,12H,5-6H2,1-4H3/t7-,8-,9+/m0/s1. The zero-order valence-corrected chi connectivity index (χ0v) is 9.41. The Kier molecular flexibility index (Phi) is 3.20. The minimum atomic E-state index is -0.958. The zero-order chi connectivity index (χ0) is 10.9. The summed E-state index contributed by atoms with van der Waals surface area (Å²) < 4.78 is 4.56. The van der Waals surface area contributed by atoms with Gasteiger partial charge in [-0.05, 0) is 24.2 Å². The number of ether oxygens (including phenoxy) is 1. The molecule has 0 saturated heterocycles. The van der Waals surface area contributed by atoms with Crippen molar-refractivity contribution < 1.29 is 14.6 Å². The second-order valence-electron chi connectivity index (χ2n) is 4.87. The fourth-order valence-electron chi connectivity index (χ4n) is 2.39. The lowest BCUT2D eigenvalue weighted by Crippen LogP contribution is -2.38. The highest BCUT2D eigenvalue weighted by Crippen LogP contribution is 2.48.